The molecule has 0 radical (unpaired) electrons. The van der Waals surface area contributed by atoms with E-state index in [1.165, 1.54) is 0 Å². The number of nitrogens with one attached hydrogen (secondary N) is 1. The molecule has 0 saturated heterocycles. The van der Waals surface area contributed by atoms with Crippen molar-refractivity contribution < 1.29 is 19.1 Å². The number of carbonyl (C=O) groups is 2. The van der Waals surface area contributed by atoms with E-state index in [0.717, 1.165) is 24.2 Å². The molecule has 5 atom stereocenters. The van der Waals surface area contributed by atoms with Crippen LogP contribution in [0.3, 0.4) is 0 Å². The number of ether oxygens (including phenoxy) is 2. The number of benzene rings is 1. The lowest BCUT2D eigenvalue weighted by molar-refractivity contribution is -0.133. The Balaban J connectivity index is 1.48. The molecular weight excluding hydrogens is 420 g/mol. The lowest BCUT2D eigenvalue weighted by Crippen LogP contribution is -2.57. The van der Waals surface area contributed by atoms with Crippen molar-refractivity contribution >= 4 is 17.8 Å². The van der Waals surface area contributed by atoms with Crippen molar-refractivity contribution in [2.75, 3.05) is 20.3 Å². The van der Waals surface area contributed by atoms with Crippen molar-refractivity contribution in [3.8, 4) is 5.75 Å². The monoisotopic (exact) mass is 456 g/mol. The Labute approximate surface area is 195 Å². The predicted octanol–water partition coefficient (Wildman–Crippen LogP) is 2.63. The molecule has 4 rings (SSSR count). The van der Waals surface area contributed by atoms with E-state index in [9.17, 15) is 9.59 Å². The van der Waals surface area contributed by atoms with Crippen LogP contribution in [0.15, 0.2) is 29.3 Å². The molecular formula is C25H36N4O4. The molecule has 8 nitrogen and oxygen atoms in total. The zero-order valence-corrected chi connectivity index (χ0v) is 20.0. The smallest absolute Gasteiger partial charge is 0.231 e. The van der Waals surface area contributed by atoms with Gasteiger partial charge >= 0.3 is 0 Å². The van der Waals surface area contributed by atoms with Gasteiger partial charge in [0.25, 0.3) is 0 Å². The average Bonchev–Trinajstić information content (AvgIpc) is 3.56. The van der Waals surface area contributed by atoms with E-state index in [2.05, 4.69) is 19.2 Å². The molecule has 180 valence electrons. The number of carbonyl (C=O) groups excluding carboxylic acids is 2. The number of para-hydroxylation sites is 1. The number of methoxy groups -OCH3 is 1. The topological polar surface area (TPSA) is 106 Å². The normalized spacial score (nSPS) is 29.7. The number of aliphatic imine (C=N–C) groups is 1. The van der Waals surface area contributed by atoms with Gasteiger partial charge in [-0.1, -0.05) is 32.0 Å². The number of hydrogen-bond acceptors (Lipinski definition) is 6. The second kappa shape index (κ2) is 9.33. The zero-order valence-electron chi connectivity index (χ0n) is 20.0. The third-order valence-electron chi connectivity index (χ3n) is 7.53. The van der Waals surface area contributed by atoms with E-state index < -0.39 is 5.54 Å². The van der Waals surface area contributed by atoms with Crippen LogP contribution in [0.4, 0.5) is 0 Å². The molecule has 8 heteroatoms. The Morgan fingerprint density at radius 3 is 2.85 bits per heavy atom. The summed E-state index contributed by atoms with van der Waals surface area (Å²) in [6.07, 6.45) is 2.40. The van der Waals surface area contributed by atoms with Crippen molar-refractivity contribution in [1.29, 1.82) is 0 Å². The minimum Gasteiger partial charge on any atom is -0.493 e. The van der Waals surface area contributed by atoms with Crippen LogP contribution in [0.5, 0.6) is 5.75 Å². The van der Waals surface area contributed by atoms with Crippen LogP contribution in [0.25, 0.3) is 0 Å². The highest BCUT2D eigenvalue weighted by molar-refractivity contribution is 5.99. The van der Waals surface area contributed by atoms with Crippen molar-refractivity contribution in [1.82, 2.24) is 10.2 Å². The van der Waals surface area contributed by atoms with Gasteiger partial charge in [-0.2, -0.15) is 0 Å². The summed E-state index contributed by atoms with van der Waals surface area (Å²) in [4.78, 5) is 32.7. The summed E-state index contributed by atoms with van der Waals surface area (Å²) in [5.41, 5.74) is 6.86. The minimum absolute atomic E-state index is 0.0239. The van der Waals surface area contributed by atoms with Crippen LogP contribution >= 0.6 is 0 Å². The molecule has 2 amide bonds. The van der Waals surface area contributed by atoms with E-state index in [1.807, 2.05) is 31.2 Å². The molecule has 3 aliphatic rings. The quantitative estimate of drug-likeness (QED) is 0.625. The maximum absolute atomic E-state index is 13.2. The van der Waals surface area contributed by atoms with E-state index in [1.54, 1.807) is 12.0 Å². The first-order valence-electron chi connectivity index (χ1n) is 11.9. The summed E-state index contributed by atoms with van der Waals surface area (Å²) in [5.74, 6) is 1.17. The van der Waals surface area contributed by atoms with E-state index >= 15 is 0 Å². The number of rotatable bonds is 8. The van der Waals surface area contributed by atoms with Gasteiger partial charge < -0.3 is 20.5 Å². The summed E-state index contributed by atoms with van der Waals surface area (Å²) >= 11 is 0. The number of amides is 2. The molecule has 1 fully saturated rings. The van der Waals surface area contributed by atoms with Crippen molar-refractivity contribution in [2.45, 2.75) is 64.1 Å². The first-order valence-corrected chi connectivity index (χ1v) is 11.9. The maximum atomic E-state index is 13.2. The summed E-state index contributed by atoms with van der Waals surface area (Å²) < 4.78 is 11.0. The molecule has 1 saturated carbocycles. The largest absolute Gasteiger partial charge is 0.493 e. The fourth-order valence-electron chi connectivity index (χ4n) is 5.05. The van der Waals surface area contributed by atoms with E-state index in [0.29, 0.717) is 26.1 Å². The summed E-state index contributed by atoms with van der Waals surface area (Å²) in [6.45, 7) is 7.15. The van der Waals surface area contributed by atoms with Crippen LogP contribution in [0, 0.1) is 17.8 Å². The molecule has 33 heavy (non-hydrogen) atoms. The first kappa shape index (κ1) is 23.5. The highest BCUT2D eigenvalue weighted by Gasteiger charge is 2.52. The highest BCUT2D eigenvalue weighted by atomic mass is 16.5. The van der Waals surface area contributed by atoms with Gasteiger partial charge in [-0.05, 0) is 37.7 Å². The van der Waals surface area contributed by atoms with Crippen LogP contribution in [-0.2, 0) is 14.3 Å². The van der Waals surface area contributed by atoms with Crippen LogP contribution in [0.2, 0.25) is 0 Å². The van der Waals surface area contributed by atoms with Crippen molar-refractivity contribution in [3.63, 3.8) is 0 Å². The van der Waals surface area contributed by atoms with Crippen LogP contribution < -0.4 is 15.8 Å². The molecule has 2 heterocycles. The summed E-state index contributed by atoms with van der Waals surface area (Å²) in [6, 6.07) is 7.57. The van der Waals surface area contributed by atoms with Gasteiger partial charge in [0.1, 0.15) is 5.75 Å². The second-order valence-electron chi connectivity index (χ2n) is 10.0. The number of guanidine groups is 1. The third-order valence-corrected chi connectivity index (χ3v) is 7.53. The summed E-state index contributed by atoms with van der Waals surface area (Å²) in [5, 5.41) is 3.22. The van der Waals surface area contributed by atoms with Gasteiger partial charge in [0, 0.05) is 37.7 Å². The molecule has 1 aliphatic carbocycles. The standard InChI is InChI=1S/C25H36N4O4/c1-15(2)25(3)14-22(30)29(24(26)28-25)20(10-11-32-4)17-13-18(17)23(31)27-19-9-12-33-21-8-6-5-7-16(19)21/h5-8,15,17-20H,9-14H2,1-4H3,(H2,26,28)(H,27,31)/t17-,18-,19+,20-,25+/m1/s1. The maximum Gasteiger partial charge on any atom is 0.231 e. The van der Waals surface area contributed by atoms with Gasteiger partial charge in [0.2, 0.25) is 11.8 Å². The van der Waals surface area contributed by atoms with Gasteiger partial charge in [-0.3, -0.25) is 14.5 Å². The number of nitrogens with zero attached hydrogens (tertiary/aromatic N) is 2. The van der Waals surface area contributed by atoms with Crippen LogP contribution in [-0.4, -0.2) is 54.6 Å². The molecule has 1 aromatic rings. The Kier molecular flexibility index (Phi) is 6.66. The highest BCUT2D eigenvalue weighted by Crippen LogP contribution is 2.46. The molecule has 0 spiro atoms. The molecule has 2 aliphatic heterocycles. The SMILES string of the molecule is COCC[C@H]([C@@H]1C[C@H]1C(=O)N[C@H]1CCOc2ccccc21)N1C(=O)C[C@@](C)(C(C)C)N=C1N. The fraction of sp³-hybridized carbons (Fsp3) is 0.640. The van der Waals surface area contributed by atoms with E-state index in [4.69, 9.17) is 20.2 Å². The lowest BCUT2D eigenvalue weighted by atomic mass is 9.84. The average molecular weight is 457 g/mol. The fourth-order valence-corrected chi connectivity index (χ4v) is 5.05. The molecule has 0 unspecified atom stereocenters. The Morgan fingerprint density at radius 2 is 2.15 bits per heavy atom. The summed E-state index contributed by atoms with van der Waals surface area (Å²) in [7, 11) is 1.64. The van der Waals surface area contributed by atoms with E-state index in [-0.39, 0.29) is 47.6 Å². The minimum atomic E-state index is -0.500. The Morgan fingerprint density at radius 1 is 1.39 bits per heavy atom. The number of hydrogen-bond donors (Lipinski definition) is 2. The Hall–Kier alpha value is -2.61. The number of fused-ring (bicyclic) bond motifs is 1. The molecule has 3 N–H and O–H groups in total. The first-order chi connectivity index (χ1) is 15.7. The van der Waals surface area contributed by atoms with Gasteiger partial charge in [0.05, 0.1) is 24.6 Å². The number of nitrogens with two attached hydrogens (primary N) is 1. The molecule has 1 aromatic carbocycles. The van der Waals surface area contributed by atoms with Crippen LogP contribution in [0.1, 0.15) is 58.1 Å². The van der Waals surface area contributed by atoms with Gasteiger partial charge in [0.15, 0.2) is 5.96 Å². The van der Waals surface area contributed by atoms with Gasteiger partial charge in [-0.15, -0.1) is 0 Å². The zero-order chi connectivity index (χ0) is 23.8. The van der Waals surface area contributed by atoms with Gasteiger partial charge in [-0.25, -0.2) is 4.99 Å². The lowest BCUT2D eigenvalue weighted by Gasteiger charge is -2.41. The second-order valence-corrected chi connectivity index (χ2v) is 10.0. The van der Waals surface area contributed by atoms with Crippen molar-refractivity contribution in [3.05, 3.63) is 29.8 Å². The van der Waals surface area contributed by atoms with Crippen molar-refractivity contribution in [2.24, 2.45) is 28.5 Å². The molecule has 0 bridgehead atoms. The Bertz CT molecular complexity index is 933. The third kappa shape index (κ3) is 4.71. The predicted molar refractivity (Wildman–Crippen MR) is 126 cm³/mol. The molecule has 0 aromatic heterocycles.